The molecule has 298 valence electrons. The standard InChI is InChI=1S/C62H40N2/c1-3-20-41(21-4-1)61(42-22-5-2-6-23-42)51-31-14-15-32-52(51)62(49-29-12-7-24-44(49)45-25-8-13-30-50(45)62)53-39-38-43(40-54(53)61)63-57-35-18-11-28-48(57)60-58(63)36-19-37-59(60)64-55-33-16-9-26-46(55)47-27-10-17-34-56(47)64/h1-40H. The molecule has 0 amide bonds. The average molecular weight is 813 g/mol. The summed E-state index contributed by atoms with van der Waals surface area (Å²) in [5.41, 5.74) is 18.9. The molecular formula is C62H40N2. The molecule has 0 aliphatic heterocycles. The summed E-state index contributed by atoms with van der Waals surface area (Å²) in [6, 6.07) is 91.0. The van der Waals surface area contributed by atoms with Gasteiger partial charge in [0, 0.05) is 27.2 Å². The smallest absolute Gasteiger partial charge is 0.0720 e. The summed E-state index contributed by atoms with van der Waals surface area (Å²) in [6.45, 7) is 0. The van der Waals surface area contributed by atoms with Crippen LogP contribution in [0.15, 0.2) is 243 Å². The maximum Gasteiger partial charge on any atom is 0.0720 e. The molecule has 0 saturated carbocycles. The highest BCUT2D eigenvalue weighted by Gasteiger charge is 2.56. The molecule has 0 bridgehead atoms. The maximum atomic E-state index is 2.55. The van der Waals surface area contributed by atoms with E-state index < -0.39 is 10.8 Å². The van der Waals surface area contributed by atoms with E-state index in [0.717, 1.165) is 5.69 Å². The third kappa shape index (κ3) is 4.39. The molecule has 1 spiro atoms. The zero-order valence-electron chi connectivity index (χ0n) is 35.0. The van der Waals surface area contributed by atoms with Crippen molar-refractivity contribution in [1.82, 2.24) is 9.13 Å². The highest BCUT2D eigenvalue weighted by atomic mass is 15.0. The van der Waals surface area contributed by atoms with Gasteiger partial charge in [0.2, 0.25) is 0 Å². The van der Waals surface area contributed by atoms with Gasteiger partial charge in [-0.3, -0.25) is 0 Å². The molecule has 2 heterocycles. The van der Waals surface area contributed by atoms with Gasteiger partial charge in [-0.05, 0) is 98.1 Å². The van der Waals surface area contributed by atoms with Crippen LogP contribution in [0, 0.1) is 0 Å². The molecule has 2 nitrogen and oxygen atoms in total. The quantitative estimate of drug-likeness (QED) is 0.168. The van der Waals surface area contributed by atoms with Gasteiger partial charge in [-0.25, -0.2) is 0 Å². The summed E-state index contributed by atoms with van der Waals surface area (Å²) in [6.07, 6.45) is 0. The predicted octanol–water partition coefficient (Wildman–Crippen LogP) is 14.9. The van der Waals surface area contributed by atoms with Crippen LogP contribution in [0.4, 0.5) is 0 Å². The van der Waals surface area contributed by atoms with Crippen molar-refractivity contribution in [1.29, 1.82) is 0 Å². The van der Waals surface area contributed by atoms with Gasteiger partial charge in [0.15, 0.2) is 0 Å². The Morgan fingerprint density at radius 2 is 0.703 bits per heavy atom. The van der Waals surface area contributed by atoms with Gasteiger partial charge in [-0.2, -0.15) is 0 Å². The first kappa shape index (κ1) is 35.4. The first-order valence-electron chi connectivity index (χ1n) is 22.4. The lowest BCUT2D eigenvalue weighted by molar-refractivity contribution is 0.623. The Kier molecular flexibility index (Phi) is 7.28. The molecule has 0 N–H and O–H groups in total. The van der Waals surface area contributed by atoms with Crippen LogP contribution < -0.4 is 0 Å². The minimum atomic E-state index is -0.644. The van der Waals surface area contributed by atoms with Crippen molar-refractivity contribution in [2.75, 3.05) is 0 Å². The molecule has 2 heteroatoms. The molecule has 0 unspecified atom stereocenters. The highest BCUT2D eigenvalue weighted by molar-refractivity contribution is 6.16. The second-order valence-electron chi connectivity index (χ2n) is 17.5. The van der Waals surface area contributed by atoms with E-state index in [0.29, 0.717) is 0 Å². The van der Waals surface area contributed by atoms with E-state index in [1.54, 1.807) is 0 Å². The minimum Gasteiger partial charge on any atom is -0.309 e. The third-order valence-electron chi connectivity index (χ3n) is 14.7. The van der Waals surface area contributed by atoms with Crippen LogP contribution >= 0.6 is 0 Å². The SMILES string of the molecule is c1ccc(C2(c3ccccc3)c3ccccc3C3(c4ccccc4-c4ccccc43)c3ccc(-n4c5ccccc5c5c(-n6c7ccccc7c7ccccc76)cccc54)cc32)cc1. The number of hydrogen-bond donors (Lipinski definition) is 0. The molecule has 10 aromatic carbocycles. The monoisotopic (exact) mass is 812 g/mol. The van der Waals surface area contributed by atoms with Crippen LogP contribution in [0.5, 0.6) is 0 Å². The van der Waals surface area contributed by atoms with Gasteiger partial charge >= 0.3 is 0 Å². The third-order valence-corrected chi connectivity index (χ3v) is 14.7. The number of para-hydroxylation sites is 3. The van der Waals surface area contributed by atoms with Crippen molar-refractivity contribution in [3.05, 3.63) is 287 Å². The molecular weight excluding hydrogens is 773 g/mol. The summed E-state index contributed by atoms with van der Waals surface area (Å²) < 4.78 is 4.99. The maximum absolute atomic E-state index is 2.55. The molecule has 2 aromatic heterocycles. The normalized spacial score (nSPS) is 14.2. The number of rotatable bonds is 4. The summed E-state index contributed by atoms with van der Waals surface area (Å²) in [4.78, 5) is 0. The van der Waals surface area contributed by atoms with E-state index in [4.69, 9.17) is 0 Å². The lowest BCUT2D eigenvalue weighted by Crippen LogP contribution is -2.44. The van der Waals surface area contributed by atoms with Crippen molar-refractivity contribution < 1.29 is 0 Å². The van der Waals surface area contributed by atoms with Gasteiger partial charge < -0.3 is 9.13 Å². The van der Waals surface area contributed by atoms with Crippen LogP contribution in [-0.4, -0.2) is 9.13 Å². The Bertz CT molecular complexity index is 3710. The summed E-state index contributed by atoms with van der Waals surface area (Å²) >= 11 is 0. The van der Waals surface area contributed by atoms with Gasteiger partial charge in [0.1, 0.15) is 0 Å². The molecule has 0 saturated heterocycles. The fourth-order valence-corrected chi connectivity index (χ4v) is 12.4. The Balaban J connectivity index is 1.14. The van der Waals surface area contributed by atoms with E-state index in [2.05, 4.69) is 252 Å². The van der Waals surface area contributed by atoms with E-state index in [-0.39, 0.29) is 0 Å². The van der Waals surface area contributed by atoms with Crippen LogP contribution in [0.3, 0.4) is 0 Å². The molecule has 0 fully saturated rings. The highest BCUT2D eigenvalue weighted by Crippen LogP contribution is 2.64. The number of aromatic nitrogens is 2. The zero-order chi connectivity index (χ0) is 42.0. The number of hydrogen-bond acceptors (Lipinski definition) is 0. The topological polar surface area (TPSA) is 9.86 Å². The Labute approximate surface area is 371 Å². The zero-order valence-corrected chi connectivity index (χ0v) is 35.0. The van der Waals surface area contributed by atoms with Gasteiger partial charge in [0.25, 0.3) is 0 Å². The Morgan fingerprint density at radius 3 is 1.30 bits per heavy atom. The van der Waals surface area contributed by atoms with Crippen molar-refractivity contribution >= 4 is 43.6 Å². The molecule has 12 aromatic rings. The summed E-state index contributed by atoms with van der Waals surface area (Å²) in [5.74, 6) is 0. The second kappa shape index (κ2) is 13.2. The summed E-state index contributed by atoms with van der Waals surface area (Å²) in [5, 5.41) is 4.98. The van der Waals surface area contributed by atoms with Crippen molar-refractivity contribution in [3.8, 4) is 22.5 Å². The average Bonchev–Trinajstić information content (AvgIpc) is 4.00. The van der Waals surface area contributed by atoms with Crippen molar-refractivity contribution in [2.24, 2.45) is 0 Å². The fraction of sp³-hybridized carbons (Fsp3) is 0.0323. The minimum absolute atomic E-state index is 0.546. The fourth-order valence-electron chi connectivity index (χ4n) is 12.4. The molecule has 0 atom stereocenters. The van der Waals surface area contributed by atoms with E-state index in [1.165, 1.54) is 105 Å². The lowest BCUT2D eigenvalue weighted by atomic mass is 9.51. The van der Waals surface area contributed by atoms with E-state index >= 15 is 0 Å². The second-order valence-corrected chi connectivity index (χ2v) is 17.5. The predicted molar refractivity (Wildman–Crippen MR) is 264 cm³/mol. The van der Waals surface area contributed by atoms with Gasteiger partial charge in [-0.1, -0.05) is 200 Å². The molecule has 14 rings (SSSR count). The van der Waals surface area contributed by atoms with Gasteiger partial charge in [-0.15, -0.1) is 0 Å². The Morgan fingerprint density at radius 1 is 0.266 bits per heavy atom. The van der Waals surface area contributed by atoms with Crippen molar-refractivity contribution in [2.45, 2.75) is 10.8 Å². The molecule has 0 radical (unpaired) electrons. The molecule has 2 aliphatic rings. The molecule has 2 aliphatic carbocycles. The van der Waals surface area contributed by atoms with E-state index in [9.17, 15) is 0 Å². The van der Waals surface area contributed by atoms with E-state index in [1.807, 2.05) is 0 Å². The van der Waals surface area contributed by atoms with Crippen LogP contribution in [0.2, 0.25) is 0 Å². The van der Waals surface area contributed by atoms with Crippen molar-refractivity contribution in [3.63, 3.8) is 0 Å². The molecule has 64 heavy (non-hydrogen) atoms. The number of fused-ring (bicyclic) bond motifs is 15. The van der Waals surface area contributed by atoms with Crippen LogP contribution in [0.25, 0.3) is 66.1 Å². The first-order valence-corrected chi connectivity index (χ1v) is 22.4. The lowest BCUT2D eigenvalue weighted by Gasteiger charge is -2.50. The first-order chi connectivity index (χ1) is 31.8. The summed E-state index contributed by atoms with van der Waals surface area (Å²) in [7, 11) is 0. The Hall–Kier alpha value is -8.20. The van der Waals surface area contributed by atoms with Gasteiger partial charge in [0.05, 0.1) is 38.6 Å². The largest absolute Gasteiger partial charge is 0.309 e. The van der Waals surface area contributed by atoms with Crippen LogP contribution in [-0.2, 0) is 10.8 Å². The number of benzene rings is 10. The number of nitrogens with zero attached hydrogens (tertiary/aromatic N) is 2. The van der Waals surface area contributed by atoms with Crippen LogP contribution in [0.1, 0.15) is 44.5 Å².